The molecule has 2 aromatic heterocycles. The Kier molecular flexibility index (Phi) is 4.63. The number of hydrogen-bond donors (Lipinski definition) is 0. The number of aryl methyl sites for hydroxylation is 2. The highest BCUT2D eigenvalue weighted by molar-refractivity contribution is 7.99. The summed E-state index contributed by atoms with van der Waals surface area (Å²) in [5.41, 5.74) is 3.07. The van der Waals surface area contributed by atoms with Crippen LogP contribution in [0.25, 0.3) is 15.9 Å². The molecule has 6 heteroatoms. The van der Waals surface area contributed by atoms with Crippen molar-refractivity contribution in [1.82, 2.24) is 9.55 Å². The van der Waals surface area contributed by atoms with Crippen LogP contribution < -0.4 is 10.3 Å². The Morgan fingerprint density at radius 1 is 1.35 bits per heavy atom. The molecule has 4 rings (SSSR count). The van der Waals surface area contributed by atoms with E-state index in [2.05, 4.69) is 11.6 Å². The normalized spacial score (nSPS) is 13.2. The van der Waals surface area contributed by atoms with Gasteiger partial charge in [0.2, 0.25) is 0 Å². The van der Waals surface area contributed by atoms with Crippen molar-refractivity contribution < 1.29 is 4.74 Å². The van der Waals surface area contributed by atoms with E-state index in [1.165, 1.54) is 10.4 Å². The lowest BCUT2D eigenvalue weighted by molar-refractivity contribution is 0.368. The molecule has 1 aromatic carbocycles. The van der Waals surface area contributed by atoms with Gasteiger partial charge in [-0.05, 0) is 56.0 Å². The maximum absolute atomic E-state index is 13.3. The summed E-state index contributed by atoms with van der Waals surface area (Å²) in [7, 11) is 1.56. The van der Waals surface area contributed by atoms with E-state index < -0.39 is 0 Å². The Hall–Kier alpha value is -2.05. The number of rotatable bonds is 5. The van der Waals surface area contributed by atoms with Gasteiger partial charge in [-0.15, -0.1) is 23.1 Å². The second kappa shape index (κ2) is 6.93. The van der Waals surface area contributed by atoms with Crippen molar-refractivity contribution >= 4 is 33.3 Å². The largest absolute Gasteiger partial charge is 0.468 e. The molecule has 0 unspecified atom stereocenters. The minimum Gasteiger partial charge on any atom is -0.468 e. The zero-order valence-corrected chi connectivity index (χ0v) is 16.5. The average molecular weight is 385 g/mol. The van der Waals surface area contributed by atoms with Gasteiger partial charge in [0.25, 0.3) is 5.56 Å². The summed E-state index contributed by atoms with van der Waals surface area (Å²) in [6.07, 6.45) is 3.14. The van der Waals surface area contributed by atoms with Crippen LogP contribution in [0.2, 0.25) is 0 Å². The first-order chi connectivity index (χ1) is 12.6. The molecule has 0 fully saturated rings. The second-order valence-corrected chi connectivity index (χ2v) is 8.65. The van der Waals surface area contributed by atoms with Gasteiger partial charge < -0.3 is 4.74 Å². The van der Waals surface area contributed by atoms with Crippen molar-refractivity contribution in [2.24, 2.45) is 0 Å². The molecule has 2 heterocycles. The summed E-state index contributed by atoms with van der Waals surface area (Å²) in [5, 5.41) is 0.768. The molecule has 26 heavy (non-hydrogen) atoms. The lowest BCUT2D eigenvalue weighted by Crippen LogP contribution is -2.21. The van der Waals surface area contributed by atoms with E-state index in [0.29, 0.717) is 6.01 Å². The fourth-order valence-corrected chi connectivity index (χ4v) is 5.27. The van der Waals surface area contributed by atoms with Crippen LogP contribution >= 0.6 is 23.1 Å². The van der Waals surface area contributed by atoms with Gasteiger partial charge in [0.05, 0.1) is 18.2 Å². The Labute approximate surface area is 160 Å². The van der Waals surface area contributed by atoms with Crippen LogP contribution in [-0.2, 0) is 12.8 Å². The van der Waals surface area contributed by atoms with Gasteiger partial charge in [-0.1, -0.05) is 12.2 Å². The number of aromatic nitrogens is 2. The third-order valence-electron chi connectivity index (χ3n) is 4.47. The van der Waals surface area contributed by atoms with Crippen molar-refractivity contribution in [2.75, 3.05) is 12.9 Å². The lowest BCUT2D eigenvalue weighted by atomic mass is 10.2. The predicted octanol–water partition coefficient (Wildman–Crippen LogP) is 4.61. The molecule has 1 aliphatic rings. The standard InChI is InChI=1S/C20H20N2O2S2/c1-12(2)11-25-14-9-7-13(8-10-14)22-19(23)17-15-5-4-6-16(15)26-18(17)21-20(22)24-3/h7-10H,1,4-6,11H2,2-3H3. The van der Waals surface area contributed by atoms with Gasteiger partial charge in [-0.2, -0.15) is 4.98 Å². The molecule has 0 amide bonds. The number of fused-ring (bicyclic) bond motifs is 3. The Bertz CT molecular complexity index is 1050. The van der Waals surface area contributed by atoms with E-state index in [1.807, 2.05) is 31.2 Å². The van der Waals surface area contributed by atoms with Gasteiger partial charge >= 0.3 is 6.01 Å². The minimum atomic E-state index is -0.0337. The van der Waals surface area contributed by atoms with E-state index in [0.717, 1.165) is 51.4 Å². The van der Waals surface area contributed by atoms with E-state index in [1.54, 1.807) is 34.8 Å². The molecule has 0 N–H and O–H groups in total. The van der Waals surface area contributed by atoms with Crippen molar-refractivity contribution in [3.05, 3.63) is 57.2 Å². The summed E-state index contributed by atoms with van der Waals surface area (Å²) in [6, 6.07) is 8.29. The first kappa shape index (κ1) is 17.4. The van der Waals surface area contributed by atoms with Crippen LogP contribution in [0.3, 0.4) is 0 Å². The summed E-state index contributed by atoms with van der Waals surface area (Å²) >= 11 is 3.36. The van der Waals surface area contributed by atoms with E-state index in [4.69, 9.17) is 4.74 Å². The van der Waals surface area contributed by atoms with E-state index >= 15 is 0 Å². The molecule has 0 atom stereocenters. The zero-order valence-electron chi connectivity index (χ0n) is 14.9. The lowest BCUT2D eigenvalue weighted by Gasteiger charge is -2.12. The van der Waals surface area contributed by atoms with Crippen LogP contribution in [0.4, 0.5) is 0 Å². The maximum atomic E-state index is 13.3. The number of nitrogens with zero attached hydrogens (tertiary/aromatic N) is 2. The van der Waals surface area contributed by atoms with Crippen LogP contribution in [0.5, 0.6) is 6.01 Å². The SMILES string of the molecule is C=C(C)CSc1ccc(-n2c(OC)nc3sc4c(c3c2=O)CCC4)cc1. The van der Waals surface area contributed by atoms with Crippen LogP contribution in [-0.4, -0.2) is 22.4 Å². The average Bonchev–Trinajstić information content (AvgIpc) is 3.21. The summed E-state index contributed by atoms with van der Waals surface area (Å²) in [6.45, 7) is 5.95. The van der Waals surface area contributed by atoms with Gasteiger partial charge in [0, 0.05) is 15.5 Å². The molecule has 0 spiro atoms. The minimum absolute atomic E-state index is 0.0337. The molecule has 4 nitrogen and oxygen atoms in total. The van der Waals surface area contributed by atoms with Gasteiger partial charge in [-0.3, -0.25) is 4.79 Å². The van der Waals surface area contributed by atoms with Crippen molar-refractivity contribution in [3.63, 3.8) is 0 Å². The van der Waals surface area contributed by atoms with Crippen LogP contribution in [0.1, 0.15) is 23.8 Å². The smallest absolute Gasteiger partial charge is 0.305 e. The third-order valence-corrected chi connectivity index (χ3v) is 6.90. The number of methoxy groups -OCH3 is 1. The molecule has 0 saturated heterocycles. The first-order valence-corrected chi connectivity index (χ1v) is 10.4. The maximum Gasteiger partial charge on any atom is 0.305 e. The second-order valence-electron chi connectivity index (χ2n) is 6.52. The van der Waals surface area contributed by atoms with Crippen molar-refractivity contribution in [2.45, 2.75) is 31.1 Å². The molecule has 0 radical (unpaired) electrons. The van der Waals surface area contributed by atoms with Gasteiger partial charge in [-0.25, -0.2) is 4.57 Å². The summed E-state index contributed by atoms with van der Waals surface area (Å²) < 4.78 is 7.02. The molecule has 0 bridgehead atoms. The Balaban J connectivity index is 1.81. The molecule has 0 saturated carbocycles. The fourth-order valence-electron chi connectivity index (χ4n) is 3.29. The Morgan fingerprint density at radius 3 is 2.81 bits per heavy atom. The number of ether oxygens (including phenoxy) is 1. The third kappa shape index (κ3) is 2.97. The highest BCUT2D eigenvalue weighted by Gasteiger charge is 2.24. The fraction of sp³-hybridized carbons (Fsp3) is 0.300. The molecule has 0 aliphatic heterocycles. The zero-order chi connectivity index (χ0) is 18.3. The topological polar surface area (TPSA) is 44.1 Å². The number of thioether (sulfide) groups is 1. The molecular formula is C20H20N2O2S2. The van der Waals surface area contributed by atoms with Crippen molar-refractivity contribution in [1.29, 1.82) is 0 Å². The molecule has 3 aromatic rings. The molecule has 1 aliphatic carbocycles. The van der Waals surface area contributed by atoms with Gasteiger partial charge in [0.15, 0.2) is 0 Å². The van der Waals surface area contributed by atoms with Crippen LogP contribution in [0.15, 0.2) is 46.1 Å². The number of thiophene rings is 1. The Morgan fingerprint density at radius 2 is 2.12 bits per heavy atom. The van der Waals surface area contributed by atoms with Crippen molar-refractivity contribution in [3.8, 4) is 11.7 Å². The summed E-state index contributed by atoms with van der Waals surface area (Å²) in [5.74, 6) is 0.886. The molecular weight excluding hydrogens is 364 g/mol. The highest BCUT2D eigenvalue weighted by Crippen LogP contribution is 2.36. The molecule has 134 valence electrons. The van der Waals surface area contributed by atoms with Gasteiger partial charge in [0.1, 0.15) is 4.83 Å². The predicted molar refractivity (Wildman–Crippen MR) is 109 cm³/mol. The van der Waals surface area contributed by atoms with Crippen LogP contribution in [0, 0.1) is 0 Å². The first-order valence-electron chi connectivity index (χ1n) is 8.57. The number of hydrogen-bond acceptors (Lipinski definition) is 5. The van der Waals surface area contributed by atoms with E-state index in [-0.39, 0.29) is 5.56 Å². The monoisotopic (exact) mass is 384 g/mol. The van der Waals surface area contributed by atoms with E-state index in [9.17, 15) is 4.79 Å². The summed E-state index contributed by atoms with van der Waals surface area (Å²) in [4.78, 5) is 21.1. The highest BCUT2D eigenvalue weighted by atomic mass is 32.2. The number of benzene rings is 1. The quantitative estimate of drug-likeness (QED) is 0.476.